The Morgan fingerprint density at radius 1 is 1.16 bits per heavy atom. The minimum atomic E-state index is -1.60. The van der Waals surface area contributed by atoms with Gasteiger partial charge in [-0.15, -0.1) is 0 Å². The van der Waals surface area contributed by atoms with Crippen molar-refractivity contribution >= 4 is 17.7 Å². The van der Waals surface area contributed by atoms with Crippen molar-refractivity contribution in [3.05, 3.63) is 0 Å². The molecule has 1 unspecified atom stereocenters. The van der Waals surface area contributed by atoms with Gasteiger partial charge in [0, 0.05) is 16.5 Å². The topological polar surface area (TPSA) is 107 Å². The van der Waals surface area contributed by atoms with Crippen LogP contribution in [0, 0.1) is 40.4 Å². The van der Waals surface area contributed by atoms with E-state index in [1.165, 1.54) is 0 Å². The Kier molecular flexibility index (Phi) is 5.45. The van der Waals surface area contributed by atoms with Gasteiger partial charge in [0.15, 0.2) is 0 Å². The first-order chi connectivity index (χ1) is 16.2. The molecular formula is C26H41NO5. The molecule has 0 radical (unpaired) electrons. The fourth-order valence-electron chi connectivity index (χ4n) is 7.72. The summed E-state index contributed by atoms with van der Waals surface area (Å²) in [6, 6.07) is -0.961. The summed E-state index contributed by atoms with van der Waals surface area (Å²) in [5.74, 6) is -2.48. The van der Waals surface area contributed by atoms with Crippen LogP contribution >= 0.6 is 0 Å². The highest BCUT2D eigenvalue weighted by Gasteiger charge is 2.60. The van der Waals surface area contributed by atoms with Gasteiger partial charge in [0.25, 0.3) is 0 Å². The lowest BCUT2D eigenvalue weighted by Gasteiger charge is -2.61. The second-order valence-corrected chi connectivity index (χ2v) is 11.2. The predicted molar refractivity (Wildman–Crippen MR) is 121 cm³/mol. The molecule has 180 valence electrons. The standard InChI is InChI=1S/C26H41NO5/c1-15(28)19-6-7-20-18-5-4-16-14-17(32-24(31)22(27)8-9-23(29)30)10-12-25(16,2)21(18)11-13-26(19,20)3/h16-22H,4-14,27H2,1-3H3,(H,29,30)/t16?,17-,18+,19-,20+,21+,22+,25+,26-/m1/s1/i13D2,21D. The van der Waals surface area contributed by atoms with Gasteiger partial charge in [-0.25, -0.2) is 0 Å². The third-order valence-electron chi connectivity index (χ3n) is 9.59. The molecular weight excluding hydrogens is 406 g/mol. The maximum Gasteiger partial charge on any atom is 0.323 e. The van der Waals surface area contributed by atoms with Gasteiger partial charge in [-0.05, 0) is 106 Å². The molecule has 0 amide bonds. The van der Waals surface area contributed by atoms with E-state index in [1.54, 1.807) is 6.92 Å². The van der Waals surface area contributed by atoms with Crippen LogP contribution in [0.1, 0.15) is 95.5 Å². The number of ether oxygens (including phenoxy) is 1. The summed E-state index contributed by atoms with van der Waals surface area (Å²) >= 11 is 0. The van der Waals surface area contributed by atoms with Crippen LogP contribution in [0.4, 0.5) is 0 Å². The smallest absolute Gasteiger partial charge is 0.323 e. The van der Waals surface area contributed by atoms with Crippen LogP contribution in [-0.4, -0.2) is 35.0 Å². The average molecular weight is 451 g/mol. The van der Waals surface area contributed by atoms with Crippen molar-refractivity contribution in [2.24, 2.45) is 46.1 Å². The molecule has 6 heteroatoms. The number of carboxylic acid groups (broad SMARTS) is 1. The Bertz CT molecular complexity index is 898. The molecule has 4 aliphatic carbocycles. The molecule has 0 saturated heterocycles. The monoisotopic (exact) mass is 450 g/mol. The van der Waals surface area contributed by atoms with Gasteiger partial charge in [-0.2, -0.15) is 0 Å². The molecule has 0 aromatic heterocycles. The number of carboxylic acids is 1. The summed E-state index contributed by atoms with van der Waals surface area (Å²) in [5, 5.41) is 8.82. The molecule has 0 spiro atoms. The average Bonchev–Trinajstić information content (AvgIpc) is 3.12. The van der Waals surface area contributed by atoms with Crippen LogP contribution in [-0.2, 0) is 19.1 Å². The second kappa shape index (κ2) is 8.73. The van der Waals surface area contributed by atoms with E-state index in [9.17, 15) is 15.8 Å². The number of rotatable bonds is 6. The minimum absolute atomic E-state index is 0.0261. The normalized spacial score (nSPS) is 49.2. The number of hydrogen-bond acceptors (Lipinski definition) is 5. The van der Waals surface area contributed by atoms with Gasteiger partial charge in [0.05, 0.1) is 0 Å². The lowest BCUT2D eigenvalue weighted by molar-refractivity contribution is -0.164. The zero-order valence-electron chi connectivity index (χ0n) is 22.7. The molecule has 9 atom stereocenters. The number of aliphatic carboxylic acids is 1. The van der Waals surface area contributed by atoms with Gasteiger partial charge >= 0.3 is 11.9 Å². The first-order valence-corrected chi connectivity index (χ1v) is 12.4. The lowest BCUT2D eigenvalue weighted by Crippen LogP contribution is -2.54. The zero-order valence-corrected chi connectivity index (χ0v) is 19.7. The Morgan fingerprint density at radius 2 is 1.91 bits per heavy atom. The molecule has 4 rings (SSSR count). The quantitative estimate of drug-likeness (QED) is 0.583. The molecule has 32 heavy (non-hydrogen) atoms. The van der Waals surface area contributed by atoms with Crippen LogP contribution in [0.2, 0.25) is 0 Å². The third kappa shape index (κ3) is 4.01. The summed E-state index contributed by atoms with van der Waals surface area (Å²) < 4.78 is 33.8. The zero-order chi connectivity index (χ0) is 26.0. The van der Waals surface area contributed by atoms with E-state index >= 15 is 0 Å². The number of carbonyl (C=O) groups is 3. The largest absolute Gasteiger partial charge is 0.481 e. The molecule has 4 saturated carbocycles. The summed E-state index contributed by atoms with van der Waals surface area (Å²) in [6.07, 6.45) is 3.24. The highest BCUT2D eigenvalue weighted by atomic mass is 16.5. The van der Waals surface area contributed by atoms with E-state index in [1.807, 2.05) is 6.92 Å². The van der Waals surface area contributed by atoms with Gasteiger partial charge in [-0.1, -0.05) is 13.8 Å². The number of nitrogens with two attached hydrogens (primary N) is 1. The van der Waals surface area contributed by atoms with Crippen molar-refractivity contribution in [1.82, 2.24) is 0 Å². The second-order valence-electron chi connectivity index (χ2n) is 11.2. The molecule has 3 N–H and O–H groups in total. The van der Waals surface area contributed by atoms with Crippen LogP contribution in [0.5, 0.6) is 0 Å². The Labute approximate surface area is 196 Å². The van der Waals surface area contributed by atoms with Crippen molar-refractivity contribution in [1.29, 1.82) is 0 Å². The molecule has 6 nitrogen and oxygen atoms in total. The lowest BCUT2D eigenvalue weighted by atomic mass is 9.44. The van der Waals surface area contributed by atoms with E-state index in [0.717, 1.165) is 19.3 Å². The Balaban J connectivity index is 1.52. The van der Waals surface area contributed by atoms with E-state index in [0.29, 0.717) is 25.7 Å². The van der Waals surface area contributed by atoms with Crippen LogP contribution < -0.4 is 5.73 Å². The van der Waals surface area contributed by atoms with E-state index in [2.05, 4.69) is 6.92 Å². The fraction of sp³-hybridized carbons (Fsp3) is 0.885. The summed E-state index contributed by atoms with van der Waals surface area (Å²) in [6.45, 7) is 5.70. The minimum Gasteiger partial charge on any atom is -0.481 e. The maximum atomic E-state index is 12.5. The van der Waals surface area contributed by atoms with Crippen molar-refractivity contribution in [3.8, 4) is 0 Å². The summed E-state index contributed by atoms with van der Waals surface area (Å²) in [5.41, 5.74) is 4.72. The van der Waals surface area contributed by atoms with Gasteiger partial charge in [0.1, 0.15) is 17.9 Å². The summed E-state index contributed by atoms with van der Waals surface area (Å²) in [7, 11) is 0. The fourth-order valence-corrected chi connectivity index (χ4v) is 7.72. The predicted octanol–water partition coefficient (Wildman–Crippen LogP) is 4.34. The first kappa shape index (κ1) is 20.0. The van der Waals surface area contributed by atoms with Crippen LogP contribution in [0.15, 0.2) is 0 Å². The number of fused-ring (bicyclic) bond motifs is 5. The first-order valence-electron chi connectivity index (χ1n) is 13.9. The summed E-state index contributed by atoms with van der Waals surface area (Å²) in [4.78, 5) is 35.7. The molecule has 0 bridgehead atoms. The Morgan fingerprint density at radius 3 is 2.59 bits per heavy atom. The third-order valence-corrected chi connectivity index (χ3v) is 9.59. The van der Waals surface area contributed by atoms with E-state index in [-0.39, 0.29) is 54.8 Å². The van der Waals surface area contributed by atoms with Crippen LogP contribution in [0.3, 0.4) is 0 Å². The maximum absolute atomic E-state index is 12.5. The SMILES string of the molecule is [2H]C1([2H])C[C@@]2([2H])[C@@H](CCC3C[C@H](OC(=O)[C@@H](N)CCC(=O)O)CC[C@@]32C)[C@@H]2CC[C@H](C(C)=O)[C@]21C. The highest BCUT2D eigenvalue weighted by Crippen LogP contribution is 2.67. The molecule has 0 aromatic rings. The van der Waals surface area contributed by atoms with Crippen molar-refractivity contribution in [3.63, 3.8) is 0 Å². The highest BCUT2D eigenvalue weighted by molar-refractivity contribution is 5.79. The molecule has 0 heterocycles. The van der Waals surface area contributed by atoms with Crippen LogP contribution in [0.25, 0.3) is 0 Å². The molecule has 0 aromatic carbocycles. The number of Topliss-reactive ketones (excluding diaryl/α,β-unsaturated/α-hetero) is 1. The van der Waals surface area contributed by atoms with Crippen molar-refractivity contribution < 1.29 is 28.3 Å². The Hall–Kier alpha value is -1.43. The number of hydrogen-bond donors (Lipinski definition) is 2. The van der Waals surface area contributed by atoms with Crippen molar-refractivity contribution in [2.45, 2.75) is 103 Å². The molecule has 0 aliphatic heterocycles. The number of ketones is 1. The number of esters is 1. The van der Waals surface area contributed by atoms with E-state index < -0.39 is 41.1 Å². The van der Waals surface area contributed by atoms with Gasteiger partial charge in [0.2, 0.25) is 0 Å². The number of carbonyl (C=O) groups excluding carboxylic acids is 2. The van der Waals surface area contributed by atoms with Gasteiger partial charge < -0.3 is 15.6 Å². The molecule has 4 fully saturated rings. The van der Waals surface area contributed by atoms with Gasteiger partial charge in [-0.3, -0.25) is 14.4 Å². The van der Waals surface area contributed by atoms with Crippen molar-refractivity contribution in [2.75, 3.05) is 0 Å². The van der Waals surface area contributed by atoms with E-state index in [4.69, 9.17) is 18.3 Å². The molecule has 4 aliphatic rings.